The number of likely N-dealkylation sites (N-methyl/N-ethyl adjacent to an activating group) is 1. The Morgan fingerprint density at radius 2 is 2.18 bits per heavy atom. The Bertz CT molecular complexity index is 261. The van der Waals surface area contributed by atoms with Crippen molar-refractivity contribution in [2.24, 2.45) is 0 Å². The van der Waals surface area contributed by atoms with Gasteiger partial charge in [-0.3, -0.25) is 4.90 Å². The second-order valence-corrected chi connectivity index (χ2v) is 6.06. The molecule has 2 saturated heterocycles. The maximum Gasteiger partial charge on any atom is 0.0951 e. The van der Waals surface area contributed by atoms with E-state index in [1.807, 2.05) is 0 Å². The average Bonchev–Trinajstić information content (AvgIpc) is 2.76. The molecule has 1 spiro atoms. The Labute approximate surface area is 104 Å². The molecule has 2 aliphatic heterocycles. The molecular formula is C13H25NO3. The number of rotatable bonds is 3. The van der Waals surface area contributed by atoms with E-state index in [0.717, 1.165) is 39.1 Å². The first-order valence-corrected chi connectivity index (χ1v) is 6.55. The molecule has 4 nitrogen and oxygen atoms in total. The molecule has 0 aromatic rings. The minimum Gasteiger partial charge on any atom is -0.394 e. The molecule has 2 heterocycles. The van der Waals surface area contributed by atoms with E-state index >= 15 is 0 Å². The zero-order valence-electron chi connectivity index (χ0n) is 11.2. The van der Waals surface area contributed by atoms with Crippen molar-refractivity contribution in [3.63, 3.8) is 0 Å². The quantitative estimate of drug-likeness (QED) is 0.804. The molecule has 0 aromatic carbocycles. The van der Waals surface area contributed by atoms with Crippen LogP contribution in [0.5, 0.6) is 0 Å². The number of nitrogens with zero attached hydrogens (tertiary/aromatic N) is 1. The molecule has 0 radical (unpaired) electrons. The van der Waals surface area contributed by atoms with Crippen LogP contribution in [0.25, 0.3) is 0 Å². The summed E-state index contributed by atoms with van der Waals surface area (Å²) in [4.78, 5) is 2.30. The molecule has 4 heteroatoms. The second kappa shape index (κ2) is 4.84. The van der Waals surface area contributed by atoms with Crippen molar-refractivity contribution in [3.05, 3.63) is 0 Å². The molecule has 0 amide bonds. The summed E-state index contributed by atoms with van der Waals surface area (Å²) in [7, 11) is 2.11. The summed E-state index contributed by atoms with van der Waals surface area (Å²) in [6.07, 6.45) is 3.07. The van der Waals surface area contributed by atoms with Gasteiger partial charge in [0.2, 0.25) is 0 Å². The molecule has 1 N–H and O–H groups in total. The summed E-state index contributed by atoms with van der Waals surface area (Å²) in [6.45, 7) is 6.71. The van der Waals surface area contributed by atoms with Gasteiger partial charge in [-0.15, -0.1) is 0 Å². The van der Waals surface area contributed by atoms with Crippen LogP contribution in [-0.2, 0) is 9.47 Å². The molecule has 100 valence electrons. The van der Waals surface area contributed by atoms with Gasteiger partial charge in [0.25, 0.3) is 0 Å². The zero-order chi connectivity index (χ0) is 12.5. The largest absolute Gasteiger partial charge is 0.394 e. The molecule has 2 atom stereocenters. The monoisotopic (exact) mass is 243 g/mol. The number of ether oxygens (including phenoxy) is 2. The molecule has 2 aliphatic rings. The zero-order valence-corrected chi connectivity index (χ0v) is 11.2. The minimum absolute atomic E-state index is 0.0529. The second-order valence-electron chi connectivity index (χ2n) is 6.06. The average molecular weight is 243 g/mol. The Balaban J connectivity index is 2.02. The van der Waals surface area contributed by atoms with Gasteiger partial charge in [-0.25, -0.2) is 0 Å². The summed E-state index contributed by atoms with van der Waals surface area (Å²) < 4.78 is 11.4. The van der Waals surface area contributed by atoms with E-state index in [4.69, 9.17) is 9.47 Å². The number of aliphatic hydroxyl groups excluding tert-OH is 1. The van der Waals surface area contributed by atoms with Crippen LogP contribution in [0, 0.1) is 0 Å². The van der Waals surface area contributed by atoms with E-state index in [1.165, 1.54) is 0 Å². The first-order valence-electron chi connectivity index (χ1n) is 6.55. The predicted molar refractivity (Wildman–Crippen MR) is 66.1 cm³/mol. The van der Waals surface area contributed by atoms with Gasteiger partial charge in [-0.2, -0.15) is 0 Å². The molecule has 0 aliphatic carbocycles. The van der Waals surface area contributed by atoms with E-state index in [1.54, 1.807) is 0 Å². The third kappa shape index (κ3) is 2.65. The Morgan fingerprint density at radius 3 is 2.76 bits per heavy atom. The van der Waals surface area contributed by atoms with Crippen molar-refractivity contribution in [3.8, 4) is 0 Å². The van der Waals surface area contributed by atoms with Crippen molar-refractivity contribution in [1.82, 2.24) is 4.90 Å². The summed E-state index contributed by atoms with van der Waals surface area (Å²) in [5.41, 5.74) is -0.217. The van der Waals surface area contributed by atoms with E-state index in [0.29, 0.717) is 6.04 Å². The van der Waals surface area contributed by atoms with Crippen molar-refractivity contribution in [2.45, 2.75) is 50.3 Å². The fourth-order valence-corrected chi connectivity index (χ4v) is 2.80. The van der Waals surface area contributed by atoms with Gasteiger partial charge in [0.05, 0.1) is 18.8 Å². The van der Waals surface area contributed by atoms with Crippen LogP contribution in [-0.4, -0.2) is 60.7 Å². The third-order valence-electron chi connectivity index (χ3n) is 4.42. The lowest BCUT2D eigenvalue weighted by atomic mass is 9.87. The van der Waals surface area contributed by atoms with E-state index in [-0.39, 0.29) is 17.7 Å². The molecule has 0 aromatic heterocycles. The van der Waals surface area contributed by atoms with Gasteiger partial charge in [-0.05, 0) is 33.7 Å². The Morgan fingerprint density at radius 1 is 1.41 bits per heavy atom. The third-order valence-corrected chi connectivity index (χ3v) is 4.42. The van der Waals surface area contributed by atoms with E-state index in [2.05, 4.69) is 25.8 Å². The van der Waals surface area contributed by atoms with Gasteiger partial charge in [0.15, 0.2) is 0 Å². The molecule has 0 bridgehead atoms. The van der Waals surface area contributed by atoms with Crippen LogP contribution in [0.4, 0.5) is 0 Å². The summed E-state index contributed by atoms with van der Waals surface area (Å²) in [6, 6.07) is 0.479. The molecular weight excluding hydrogens is 218 g/mol. The van der Waals surface area contributed by atoms with Crippen LogP contribution >= 0.6 is 0 Å². The van der Waals surface area contributed by atoms with E-state index < -0.39 is 0 Å². The topological polar surface area (TPSA) is 41.9 Å². The van der Waals surface area contributed by atoms with Crippen LogP contribution in [0.3, 0.4) is 0 Å². The lowest BCUT2D eigenvalue weighted by Crippen LogP contribution is -2.55. The van der Waals surface area contributed by atoms with Gasteiger partial charge in [0.1, 0.15) is 0 Å². The van der Waals surface area contributed by atoms with Crippen molar-refractivity contribution < 1.29 is 14.6 Å². The predicted octanol–water partition coefficient (Wildman–Crippen LogP) is 1.03. The number of hydrogen-bond acceptors (Lipinski definition) is 4. The fourth-order valence-electron chi connectivity index (χ4n) is 2.80. The van der Waals surface area contributed by atoms with Crippen molar-refractivity contribution in [2.75, 3.05) is 33.5 Å². The molecule has 17 heavy (non-hydrogen) atoms. The van der Waals surface area contributed by atoms with Gasteiger partial charge in [0, 0.05) is 31.2 Å². The fraction of sp³-hybridized carbons (Fsp3) is 1.00. The first-order chi connectivity index (χ1) is 7.99. The minimum atomic E-state index is -0.164. The van der Waals surface area contributed by atoms with Crippen LogP contribution in [0.1, 0.15) is 33.1 Å². The maximum atomic E-state index is 9.45. The highest BCUT2D eigenvalue weighted by atomic mass is 16.6. The SMILES string of the molecule is CN(C1CCOC2(CCOC2)C1)C(C)(C)CO. The van der Waals surface area contributed by atoms with Crippen LogP contribution in [0.15, 0.2) is 0 Å². The summed E-state index contributed by atoms with van der Waals surface area (Å²) in [5.74, 6) is 0. The van der Waals surface area contributed by atoms with Crippen molar-refractivity contribution in [1.29, 1.82) is 0 Å². The number of aliphatic hydroxyl groups is 1. The standard InChI is InChI=1S/C13H25NO3/c1-12(2,9-15)14(3)11-4-6-17-13(8-11)5-7-16-10-13/h11,15H,4-10H2,1-3H3. The molecule has 2 rings (SSSR count). The van der Waals surface area contributed by atoms with Gasteiger partial charge < -0.3 is 14.6 Å². The van der Waals surface area contributed by atoms with Crippen molar-refractivity contribution >= 4 is 0 Å². The highest BCUT2D eigenvalue weighted by Crippen LogP contribution is 2.35. The summed E-state index contributed by atoms with van der Waals surface area (Å²) >= 11 is 0. The van der Waals surface area contributed by atoms with Gasteiger partial charge >= 0.3 is 0 Å². The highest BCUT2D eigenvalue weighted by Gasteiger charge is 2.43. The Kier molecular flexibility index (Phi) is 3.78. The molecule has 2 fully saturated rings. The normalized spacial score (nSPS) is 34.8. The molecule has 0 saturated carbocycles. The first kappa shape index (κ1) is 13.3. The summed E-state index contributed by atoms with van der Waals surface area (Å²) in [5, 5.41) is 9.45. The van der Waals surface area contributed by atoms with Crippen LogP contribution in [0.2, 0.25) is 0 Å². The Hall–Kier alpha value is -0.160. The lowest BCUT2D eigenvalue weighted by Gasteiger charge is -2.46. The van der Waals surface area contributed by atoms with Gasteiger partial charge in [-0.1, -0.05) is 0 Å². The van der Waals surface area contributed by atoms with E-state index in [9.17, 15) is 5.11 Å². The van der Waals surface area contributed by atoms with Crippen LogP contribution < -0.4 is 0 Å². The maximum absolute atomic E-state index is 9.45. The molecule has 2 unspecified atom stereocenters. The smallest absolute Gasteiger partial charge is 0.0951 e. The number of hydrogen-bond donors (Lipinski definition) is 1. The lowest BCUT2D eigenvalue weighted by molar-refractivity contribution is -0.116. The highest BCUT2D eigenvalue weighted by molar-refractivity contribution is 4.95.